The van der Waals surface area contributed by atoms with Crippen LogP contribution in [0.4, 0.5) is 10.2 Å². The molecule has 1 unspecified atom stereocenters. The summed E-state index contributed by atoms with van der Waals surface area (Å²) in [5.74, 6) is -2.94. The van der Waals surface area contributed by atoms with Crippen molar-refractivity contribution in [3.8, 4) is 5.69 Å². The van der Waals surface area contributed by atoms with Crippen molar-refractivity contribution in [1.82, 2.24) is 20.0 Å². The van der Waals surface area contributed by atoms with Gasteiger partial charge in [0, 0.05) is 6.07 Å². The fourth-order valence-electron chi connectivity index (χ4n) is 2.80. The van der Waals surface area contributed by atoms with Gasteiger partial charge < -0.3 is 14.6 Å². The minimum Gasteiger partial charge on any atom is -0.458 e. The van der Waals surface area contributed by atoms with E-state index in [1.807, 2.05) is 0 Å². The zero-order valence-corrected chi connectivity index (χ0v) is 17.6. The maximum Gasteiger partial charge on any atom is 0.341 e. The predicted octanol–water partition coefficient (Wildman–Crippen LogP) is 1.28. The summed E-state index contributed by atoms with van der Waals surface area (Å²) in [4.78, 5) is 26.4. The highest BCUT2D eigenvalue weighted by Gasteiger charge is 2.51. The molecule has 1 N–H and O–H groups in total. The number of ether oxygens (including phenoxy) is 2. The smallest absolute Gasteiger partial charge is 0.341 e. The van der Waals surface area contributed by atoms with Crippen LogP contribution in [-0.2, 0) is 19.1 Å². The first kappa shape index (κ1) is 22.1. The van der Waals surface area contributed by atoms with Crippen LogP contribution in [0.1, 0.15) is 27.7 Å². The first-order valence-electron chi connectivity index (χ1n) is 9.03. The van der Waals surface area contributed by atoms with Crippen molar-refractivity contribution in [2.45, 2.75) is 45.0 Å². The number of esters is 1. The number of hydrogen-bond donors (Lipinski definition) is 1. The van der Waals surface area contributed by atoms with Crippen LogP contribution in [0.15, 0.2) is 18.5 Å². The first-order valence-corrected chi connectivity index (χ1v) is 9.40. The number of amides is 1. The van der Waals surface area contributed by atoms with Crippen molar-refractivity contribution < 1.29 is 28.6 Å². The number of nitrogens with zero attached hydrogens (tertiary/aromatic N) is 5. The summed E-state index contributed by atoms with van der Waals surface area (Å²) < 4.78 is 26.3. The van der Waals surface area contributed by atoms with Crippen LogP contribution in [0.2, 0.25) is 5.15 Å². The van der Waals surface area contributed by atoms with E-state index in [0.717, 1.165) is 22.7 Å². The van der Waals surface area contributed by atoms with E-state index in [4.69, 9.17) is 21.1 Å². The van der Waals surface area contributed by atoms with Crippen LogP contribution in [0.3, 0.4) is 0 Å². The lowest BCUT2D eigenvalue weighted by Gasteiger charge is -2.38. The standard InChI is InChI=1S/C18H21ClFN5O5/c1-17(2,3)30-16(27)18(4,28)13-15(26)24(5-6-29-13)14-11(20)9-25(23-14)10-7-12(19)22-21-8-10/h7-9,13,28H,5-6H2,1-4H3/t13-,18?/m0/s1. The number of halogens is 2. The number of carbonyl (C=O) groups excluding carboxylic acids is 2. The molecule has 1 aliphatic heterocycles. The normalized spacial score (nSPS) is 19.5. The number of aliphatic hydroxyl groups is 1. The van der Waals surface area contributed by atoms with E-state index in [-0.39, 0.29) is 24.1 Å². The molecule has 0 radical (unpaired) electrons. The van der Waals surface area contributed by atoms with Gasteiger partial charge in [0.15, 0.2) is 28.5 Å². The molecule has 2 aromatic rings. The molecule has 12 heteroatoms. The fourth-order valence-corrected chi connectivity index (χ4v) is 2.96. The summed E-state index contributed by atoms with van der Waals surface area (Å²) in [6.07, 6.45) is 0.772. The van der Waals surface area contributed by atoms with Gasteiger partial charge in [-0.25, -0.2) is 13.9 Å². The van der Waals surface area contributed by atoms with Crippen molar-refractivity contribution in [1.29, 1.82) is 0 Å². The van der Waals surface area contributed by atoms with Gasteiger partial charge in [-0.05, 0) is 27.7 Å². The zero-order chi connectivity index (χ0) is 22.3. The molecule has 10 nitrogen and oxygen atoms in total. The molecule has 2 atom stereocenters. The van der Waals surface area contributed by atoms with Crippen LogP contribution >= 0.6 is 11.6 Å². The summed E-state index contributed by atoms with van der Waals surface area (Å²) in [6, 6.07) is 1.42. The SMILES string of the molecule is CC(C)(C)OC(=O)C(C)(O)[C@H]1OCCN(c2nn(-c3cnnc(Cl)c3)cc2F)C1=O. The van der Waals surface area contributed by atoms with E-state index in [0.29, 0.717) is 5.69 Å². The van der Waals surface area contributed by atoms with E-state index in [1.165, 1.54) is 12.3 Å². The summed E-state index contributed by atoms with van der Waals surface area (Å²) in [7, 11) is 0. The molecule has 2 aromatic heterocycles. The second-order valence-electron chi connectivity index (χ2n) is 7.87. The van der Waals surface area contributed by atoms with Crippen LogP contribution in [0, 0.1) is 5.82 Å². The Hall–Kier alpha value is -2.63. The molecule has 0 spiro atoms. The topological polar surface area (TPSA) is 120 Å². The Morgan fingerprint density at radius 2 is 2.10 bits per heavy atom. The van der Waals surface area contributed by atoms with Crippen molar-refractivity contribution in [2.24, 2.45) is 0 Å². The van der Waals surface area contributed by atoms with Gasteiger partial charge in [0.05, 0.1) is 31.2 Å². The molecular weight excluding hydrogens is 421 g/mol. The average molecular weight is 442 g/mol. The van der Waals surface area contributed by atoms with Crippen molar-refractivity contribution >= 4 is 29.3 Å². The Labute approximate surface area is 176 Å². The maximum absolute atomic E-state index is 14.6. The van der Waals surface area contributed by atoms with Crippen LogP contribution in [0.25, 0.3) is 5.69 Å². The molecule has 1 saturated heterocycles. The van der Waals surface area contributed by atoms with Crippen molar-refractivity contribution in [2.75, 3.05) is 18.1 Å². The van der Waals surface area contributed by atoms with Gasteiger partial charge in [0.25, 0.3) is 5.91 Å². The lowest BCUT2D eigenvalue weighted by atomic mass is 9.96. The molecule has 3 heterocycles. The van der Waals surface area contributed by atoms with Crippen LogP contribution < -0.4 is 4.90 Å². The molecular formula is C18H21ClFN5O5. The predicted molar refractivity (Wildman–Crippen MR) is 103 cm³/mol. The summed E-state index contributed by atoms with van der Waals surface area (Å²) in [5.41, 5.74) is -2.84. The Bertz CT molecular complexity index is 974. The Kier molecular flexibility index (Phi) is 5.81. The molecule has 1 amide bonds. The number of anilines is 1. The highest BCUT2D eigenvalue weighted by Crippen LogP contribution is 2.28. The number of morpholine rings is 1. The van der Waals surface area contributed by atoms with Gasteiger partial charge in [0.2, 0.25) is 0 Å². The van der Waals surface area contributed by atoms with Gasteiger partial charge in [-0.2, -0.15) is 5.10 Å². The minimum atomic E-state index is -2.29. The summed E-state index contributed by atoms with van der Waals surface area (Å²) in [6.45, 7) is 5.91. The molecule has 0 aromatic carbocycles. The van der Waals surface area contributed by atoms with Gasteiger partial charge in [0.1, 0.15) is 5.60 Å². The maximum atomic E-state index is 14.6. The molecule has 0 aliphatic carbocycles. The summed E-state index contributed by atoms with van der Waals surface area (Å²) in [5, 5.41) is 22.1. The molecule has 0 bridgehead atoms. The van der Waals surface area contributed by atoms with E-state index < -0.39 is 35.0 Å². The highest BCUT2D eigenvalue weighted by atomic mass is 35.5. The van der Waals surface area contributed by atoms with Crippen LogP contribution in [-0.4, -0.2) is 67.4 Å². The third-order valence-electron chi connectivity index (χ3n) is 4.19. The van der Waals surface area contributed by atoms with E-state index >= 15 is 0 Å². The molecule has 30 heavy (non-hydrogen) atoms. The van der Waals surface area contributed by atoms with Crippen LogP contribution in [0.5, 0.6) is 0 Å². The third kappa shape index (κ3) is 4.42. The Morgan fingerprint density at radius 3 is 2.73 bits per heavy atom. The first-order chi connectivity index (χ1) is 13.9. The van der Waals surface area contributed by atoms with E-state index in [2.05, 4.69) is 15.3 Å². The number of aromatic nitrogens is 4. The Morgan fingerprint density at radius 1 is 1.40 bits per heavy atom. The molecule has 0 saturated carbocycles. The lowest BCUT2D eigenvalue weighted by Crippen LogP contribution is -2.61. The quantitative estimate of drug-likeness (QED) is 0.704. The Balaban J connectivity index is 1.88. The lowest BCUT2D eigenvalue weighted by molar-refractivity contribution is -0.194. The van der Waals surface area contributed by atoms with Gasteiger partial charge in [-0.3, -0.25) is 9.69 Å². The zero-order valence-electron chi connectivity index (χ0n) is 16.8. The van der Waals surface area contributed by atoms with Gasteiger partial charge in [-0.15, -0.1) is 10.2 Å². The molecule has 162 valence electrons. The van der Waals surface area contributed by atoms with Crippen molar-refractivity contribution in [3.63, 3.8) is 0 Å². The number of carbonyl (C=O) groups is 2. The average Bonchev–Trinajstić information content (AvgIpc) is 3.02. The minimum absolute atomic E-state index is 0.0248. The number of rotatable bonds is 4. The molecule has 1 aliphatic rings. The highest BCUT2D eigenvalue weighted by molar-refractivity contribution is 6.29. The molecule has 3 rings (SSSR count). The second kappa shape index (κ2) is 7.89. The van der Waals surface area contributed by atoms with Gasteiger partial charge >= 0.3 is 5.97 Å². The van der Waals surface area contributed by atoms with Crippen molar-refractivity contribution in [3.05, 3.63) is 29.4 Å². The largest absolute Gasteiger partial charge is 0.458 e. The van der Waals surface area contributed by atoms with E-state index in [1.54, 1.807) is 20.8 Å². The van der Waals surface area contributed by atoms with E-state index in [9.17, 15) is 19.1 Å². The second-order valence-corrected chi connectivity index (χ2v) is 8.26. The fraction of sp³-hybridized carbons (Fsp3) is 0.500. The monoisotopic (exact) mass is 441 g/mol. The number of hydrogen-bond acceptors (Lipinski definition) is 8. The van der Waals surface area contributed by atoms with Gasteiger partial charge in [-0.1, -0.05) is 11.6 Å². The third-order valence-corrected chi connectivity index (χ3v) is 4.38. The summed E-state index contributed by atoms with van der Waals surface area (Å²) >= 11 is 5.80. The molecule has 1 fully saturated rings.